The highest BCUT2D eigenvalue weighted by molar-refractivity contribution is 5.60. The summed E-state index contributed by atoms with van der Waals surface area (Å²) in [4.78, 5) is 4.31. The molecule has 0 aliphatic carbocycles. The number of rotatable bonds is 3. The summed E-state index contributed by atoms with van der Waals surface area (Å²) in [5, 5.41) is 0. The predicted molar refractivity (Wildman–Crippen MR) is 61.1 cm³/mol. The Balaban J connectivity index is 2.34. The minimum Gasteiger partial charge on any atom is -0.497 e. The van der Waals surface area contributed by atoms with E-state index in [1.807, 2.05) is 31.2 Å². The average molecular weight is 218 g/mol. The molecular formula is C12H14N2O2. The fourth-order valence-electron chi connectivity index (χ4n) is 1.41. The molecule has 4 nitrogen and oxygen atoms in total. The molecule has 0 fully saturated rings. The Labute approximate surface area is 94.1 Å². The smallest absolute Gasteiger partial charge is 0.211 e. The maximum absolute atomic E-state index is 5.68. The quantitative estimate of drug-likeness (QED) is 0.859. The van der Waals surface area contributed by atoms with E-state index in [2.05, 4.69) is 4.98 Å². The molecule has 0 aliphatic heterocycles. The number of oxazole rings is 1. The van der Waals surface area contributed by atoms with Gasteiger partial charge in [0.1, 0.15) is 17.7 Å². The van der Waals surface area contributed by atoms with Crippen molar-refractivity contribution in [1.29, 1.82) is 0 Å². The lowest BCUT2D eigenvalue weighted by molar-refractivity contribution is 0.415. The van der Waals surface area contributed by atoms with E-state index in [1.54, 1.807) is 13.4 Å². The van der Waals surface area contributed by atoms with Crippen molar-refractivity contribution < 1.29 is 9.15 Å². The summed E-state index contributed by atoms with van der Waals surface area (Å²) in [6.45, 7) is 1.83. The van der Waals surface area contributed by atoms with Crippen LogP contribution in [-0.2, 0) is 0 Å². The van der Waals surface area contributed by atoms with Gasteiger partial charge in [-0.1, -0.05) is 12.1 Å². The van der Waals surface area contributed by atoms with Crippen LogP contribution in [0.25, 0.3) is 11.3 Å². The predicted octanol–water partition coefficient (Wildman–Crippen LogP) is 2.37. The molecule has 0 radical (unpaired) electrons. The Kier molecular flexibility index (Phi) is 2.92. The number of hydrogen-bond acceptors (Lipinski definition) is 4. The highest BCUT2D eigenvalue weighted by atomic mass is 16.5. The van der Waals surface area contributed by atoms with Gasteiger partial charge in [-0.15, -0.1) is 0 Å². The van der Waals surface area contributed by atoms with E-state index in [-0.39, 0.29) is 6.04 Å². The molecule has 0 aliphatic rings. The van der Waals surface area contributed by atoms with Crippen molar-refractivity contribution in [2.45, 2.75) is 13.0 Å². The van der Waals surface area contributed by atoms with Crippen molar-refractivity contribution in [3.8, 4) is 17.0 Å². The molecule has 1 heterocycles. The summed E-state index contributed by atoms with van der Waals surface area (Å²) in [5.74, 6) is 1.33. The van der Waals surface area contributed by atoms with Crippen LogP contribution in [-0.4, -0.2) is 12.1 Å². The molecule has 0 amide bonds. The Morgan fingerprint density at radius 3 is 2.88 bits per heavy atom. The number of nitrogens with zero attached hydrogens (tertiary/aromatic N) is 1. The zero-order valence-electron chi connectivity index (χ0n) is 9.31. The number of aromatic nitrogens is 1. The van der Waals surface area contributed by atoms with Crippen LogP contribution >= 0.6 is 0 Å². The first-order valence-electron chi connectivity index (χ1n) is 5.06. The van der Waals surface area contributed by atoms with Gasteiger partial charge in [0.2, 0.25) is 5.89 Å². The van der Waals surface area contributed by atoms with Crippen molar-refractivity contribution >= 4 is 0 Å². The van der Waals surface area contributed by atoms with Crippen LogP contribution in [0, 0.1) is 0 Å². The van der Waals surface area contributed by atoms with Crippen LogP contribution in [0.15, 0.2) is 34.9 Å². The third-order valence-corrected chi connectivity index (χ3v) is 2.28. The molecule has 2 aromatic rings. The third kappa shape index (κ3) is 2.06. The summed E-state index contributed by atoms with van der Waals surface area (Å²) in [6, 6.07) is 7.46. The van der Waals surface area contributed by atoms with Gasteiger partial charge in [0, 0.05) is 5.56 Å². The van der Waals surface area contributed by atoms with Gasteiger partial charge >= 0.3 is 0 Å². The lowest BCUT2D eigenvalue weighted by Crippen LogP contribution is -2.04. The van der Waals surface area contributed by atoms with Crippen LogP contribution in [0.1, 0.15) is 18.9 Å². The van der Waals surface area contributed by atoms with Gasteiger partial charge in [-0.2, -0.15) is 0 Å². The van der Waals surface area contributed by atoms with Gasteiger partial charge in [0.05, 0.1) is 13.2 Å². The molecule has 1 atom stereocenters. The number of benzene rings is 1. The molecule has 1 aromatic carbocycles. The monoisotopic (exact) mass is 218 g/mol. The largest absolute Gasteiger partial charge is 0.497 e. The first-order valence-corrected chi connectivity index (χ1v) is 5.06. The molecule has 4 heteroatoms. The fraction of sp³-hybridized carbons (Fsp3) is 0.250. The van der Waals surface area contributed by atoms with Crippen LogP contribution in [0.5, 0.6) is 5.75 Å². The van der Waals surface area contributed by atoms with Crippen molar-refractivity contribution in [2.24, 2.45) is 5.73 Å². The summed E-state index contributed by atoms with van der Waals surface area (Å²) in [7, 11) is 1.63. The SMILES string of the molecule is COc1cccc(-c2coc(C(C)N)n2)c1. The number of hydrogen-bond donors (Lipinski definition) is 1. The number of nitrogens with two attached hydrogens (primary N) is 1. The van der Waals surface area contributed by atoms with Crippen LogP contribution in [0.4, 0.5) is 0 Å². The highest BCUT2D eigenvalue weighted by Crippen LogP contribution is 2.24. The number of methoxy groups -OCH3 is 1. The minimum atomic E-state index is -0.195. The van der Waals surface area contributed by atoms with E-state index in [1.165, 1.54) is 0 Å². The zero-order chi connectivity index (χ0) is 11.5. The first-order chi connectivity index (χ1) is 7.70. The lowest BCUT2D eigenvalue weighted by Gasteiger charge is -2.01. The molecule has 84 valence electrons. The van der Waals surface area contributed by atoms with E-state index < -0.39 is 0 Å². The van der Waals surface area contributed by atoms with E-state index in [4.69, 9.17) is 14.9 Å². The van der Waals surface area contributed by atoms with E-state index >= 15 is 0 Å². The molecule has 0 saturated heterocycles. The minimum absolute atomic E-state index is 0.195. The molecule has 2 N–H and O–H groups in total. The van der Waals surface area contributed by atoms with Crippen LogP contribution in [0.2, 0.25) is 0 Å². The van der Waals surface area contributed by atoms with Gasteiger partial charge in [-0.25, -0.2) is 4.98 Å². The number of ether oxygens (including phenoxy) is 1. The van der Waals surface area contributed by atoms with Gasteiger partial charge in [0.15, 0.2) is 0 Å². The molecule has 1 aromatic heterocycles. The summed E-state index contributed by atoms with van der Waals surface area (Å²) >= 11 is 0. The van der Waals surface area contributed by atoms with Crippen molar-refractivity contribution in [1.82, 2.24) is 4.98 Å². The second-order valence-corrected chi connectivity index (χ2v) is 3.59. The molecule has 0 bridgehead atoms. The molecule has 2 rings (SSSR count). The van der Waals surface area contributed by atoms with Crippen molar-refractivity contribution in [3.05, 3.63) is 36.4 Å². The Hall–Kier alpha value is -1.81. The topological polar surface area (TPSA) is 61.3 Å². The Morgan fingerprint density at radius 2 is 2.25 bits per heavy atom. The third-order valence-electron chi connectivity index (χ3n) is 2.28. The second kappa shape index (κ2) is 4.37. The molecule has 1 unspecified atom stereocenters. The highest BCUT2D eigenvalue weighted by Gasteiger charge is 2.09. The summed E-state index contributed by atoms with van der Waals surface area (Å²) < 4.78 is 10.4. The Morgan fingerprint density at radius 1 is 1.44 bits per heavy atom. The van der Waals surface area contributed by atoms with Gasteiger partial charge in [-0.05, 0) is 19.1 Å². The van der Waals surface area contributed by atoms with Crippen LogP contribution < -0.4 is 10.5 Å². The summed E-state index contributed by atoms with van der Waals surface area (Å²) in [5.41, 5.74) is 7.40. The van der Waals surface area contributed by atoms with Crippen LogP contribution in [0.3, 0.4) is 0 Å². The molecule has 0 saturated carbocycles. The van der Waals surface area contributed by atoms with Crippen molar-refractivity contribution in [3.63, 3.8) is 0 Å². The second-order valence-electron chi connectivity index (χ2n) is 3.59. The maximum atomic E-state index is 5.68. The normalized spacial score (nSPS) is 12.4. The van der Waals surface area contributed by atoms with Gasteiger partial charge in [-0.3, -0.25) is 0 Å². The van der Waals surface area contributed by atoms with Crippen molar-refractivity contribution in [2.75, 3.05) is 7.11 Å². The molecule has 0 spiro atoms. The maximum Gasteiger partial charge on any atom is 0.211 e. The molecule has 16 heavy (non-hydrogen) atoms. The Bertz CT molecular complexity index is 477. The van der Waals surface area contributed by atoms with E-state index in [0.717, 1.165) is 17.0 Å². The summed E-state index contributed by atoms with van der Waals surface area (Å²) in [6.07, 6.45) is 1.60. The van der Waals surface area contributed by atoms with Gasteiger partial charge in [0.25, 0.3) is 0 Å². The van der Waals surface area contributed by atoms with Gasteiger partial charge < -0.3 is 14.9 Å². The fourth-order valence-corrected chi connectivity index (χ4v) is 1.41. The van der Waals surface area contributed by atoms with E-state index in [9.17, 15) is 0 Å². The zero-order valence-corrected chi connectivity index (χ0v) is 9.31. The molecular weight excluding hydrogens is 204 g/mol. The lowest BCUT2D eigenvalue weighted by atomic mass is 10.1. The van der Waals surface area contributed by atoms with E-state index in [0.29, 0.717) is 5.89 Å². The standard InChI is InChI=1S/C12H14N2O2/c1-8(13)12-14-11(7-16-12)9-4-3-5-10(6-9)15-2/h3-8H,13H2,1-2H3. The average Bonchev–Trinajstić information content (AvgIpc) is 2.78. The first kappa shape index (κ1) is 10.7.